The number of benzene rings is 10. The summed E-state index contributed by atoms with van der Waals surface area (Å²) in [6.45, 7) is 0. The van der Waals surface area contributed by atoms with E-state index < -0.39 is 0 Å². The zero-order chi connectivity index (χ0) is 35.6. The summed E-state index contributed by atoms with van der Waals surface area (Å²) in [7, 11) is 0. The highest BCUT2D eigenvalue weighted by Gasteiger charge is 2.20. The maximum absolute atomic E-state index is 6.79. The van der Waals surface area contributed by atoms with E-state index in [1.165, 1.54) is 54.2 Å². The number of nitrogens with zero attached hydrogens (tertiary/aromatic N) is 1. The molecule has 0 unspecified atom stereocenters. The fourth-order valence-corrected chi connectivity index (χ4v) is 8.51. The van der Waals surface area contributed by atoms with E-state index in [4.69, 9.17) is 4.42 Å². The van der Waals surface area contributed by atoms with Gasteiger partial charge in [-0.3, -0.25) is 0 Å². The van der Waals surface area contributed by atoms with Crippen LogP contribution in [-0.2, 0) is 0 Å². The third kappa shape index (κ3) is 4.81. The van der Waals surface area contributed by atoms with E-state index in [2.05, 4.69) is 205 Å². The largest absolute Gasteiger partial charge is 0.455 e. The molecule has 54 heavy (non-hydrogen) atoms. The van der Waals surface area contributed by atoms with Crippen molar-refractivity contribution in [3.8, 4) is 22.3 Å². The van der Waals surface area contributed by atoms with Crippen molar-refractivity contribution in [2.45, 2.75) is 0 Å². The van der Waals surface area contributed by atoms with Crippen LogP contribution in [0.5, 0.6) is 0 Å². The van der Waals surface area contributed by atoms with Gasteiger partial charge in [0.15, 0.2) is 0 Å². The second-order valence-electron chi connectivity index (χ2n) is 14.1. The average Bonchev–Trinajstić information content (AvgIpc) is 3.61. The average molecular weight is 688 g/mol. The summed E-state index contributed by atoms with van der Waals surface area (Å²) in [5, 5.41) is 12.1. The van der Waals surface area contributed by atoms with E-state index in [9.17, 15) is 0 Å². The summed E-state index contributed by atoms with van der Waals surface area (Å²) in [5.74, 6) is 0. The molecule has 0 spiro atoms. The van der Waals surface area contributed by atoms with Crippen molar-refractivity contribution >= 4 is 82.1 Å². The minimum absolute atomic E-state index is 0.872. The molecule has 1 heterocycles. The van der Waals surface area contributed by atoms with Crippen molar-refractivity contribution in [1.82, 2.24) is 0 Å². The molecule has 0 amide bonds. The summed E-state index contributed by atoms with van der Waals surface area (Å²) in [5.41, 5.74) is 9.69. The number of hydrogen-bond donors (Lipinski definition) is 0. The Morgan fingerprint density at radius 2 is 0.778 bits per heavy atom. The molecule has 0 radical (unpaired) electrons. The lowest BCUT2D eigenvalue weighted by Gasteiger charge is -2.26. The van der Waals surface area contributed by atoms with Crippen LogP contribution in [0.25, 0.3) is 87.3 Å². The lowest BCUT2D eigenvalue weighted by Crippen LogP contribution is -2.10. The molecule has 11 rings (SSSR count). The first kappa shape index (κ1) is 30.5. The second kappa shape index (κ2) is 12.2. The quantitative estimate of drug-likeness (QED) is 0.168. The molecular weight excluding hydrogens is 655 g/mol. The van der Waals surface area contributed by atoms with Gasteiger partial charge in [-0.25, -0.2) is 0 Å². The number of rotatable bonds is 5. The lowest BCUT2D eigenvalue weighted by molar-refractivity contribution is 0.670. The first-order valence-corrected chi connectivity index (χ1v) is 18.5. The third-order valence-electron chi connectivity index (χ3n) is 11.0. The van der Waals surface area contributed by atoms with Crippen LogP contribution in [0, 0.1) is 0 Å². The van der Waals surface area contributed by atoms with Crippen LogP contribution in [0.3, 0.4) is 0 Å². The van der Waals surface area contributed by atoms with Gasteiger partial charge in [-0.2, -0.15) is 0 Å². The van der Waals surface area contributed by atoms with Crippen molar-refractivity contribution < 1.29 is 4.42 Å². The standard InChI is InChI=1S/C52H33NO/c1-3-13-34(14-4-1)35-23-25-38(26-24-35)53(39-27-29-46-44-21-10-9-19-42(44)43-20-11-12-22-45(43)47(46)32-39)40-28-30-50-48(33-40)49-31-37-17-7-8-18-41(37)51(52(49)54-50)36-15-5-2-6-16-36/h1-33H. The zero-order valence-electron chi connectivity index (χ0n) is 29.4. The van der Waals surface area contributed by atoms with Crippen LogP contribution in [0.4, 0.5) is 17.1 Å². The predicted octanol–water partition coefficient (Wildman–Crippen LogP) is 15.0. The van der Waals surface area contributed by atoms with Gasteiger partial charge in [0.1, 0.15) is 11.2 Å². The maximum atomic E-state index is 6.79. The Bertz CT molecular complexity index is 3160. The minimum Gasteiger partial charge on any atom is -0.455 e. The molecule has 1 aromatic heterocycles. The minimum atomic E-state index is 0.872. The Labute approximate surface area is 312 Å². The smallest absolute Gasteiger partial charge is 0.143 e. The maximum Gasteiger partial charge on any atom is 0.143 e. The van der Waals surface area contributed by atoms with Crippen molar-refractivity contribution in [2.24, 2.45) is 0 Å². The Kier molecular flexibility index (Phi) is 6.90. The summed E-state index contributed by atoms with van der Waals surface area (Å²) in [6, 6.07) is 72.2. The molecule has 0 fully saturated rings. The number of hydrogen-bond acceptors (Lipinski definition) is 2. The van der Waals surface area contributed by atoms with Gasteiger partial charge in [-0.05, 0) is 108 Å². The first-order chi connectivity index (χ1) is 26.8. The van der Waals surface area contributed by atoms with E-state index in [0.29, 0.717) is 0 Å². The molecule has 0 aliphatic rings. The molecule has 11 aromatic rings. The van der Waals surface area contributed by atoms with Gasteiger partial charge in [-0.1, -0.05) is 152 Å². The second-order valence-corrected chi connectivity index (χ2v) is 14.1. The van der Waals surface area contributed by atoms with Gasteiger partial charge in [0.25, 0.3) is 0 Å². The molecule has 0 bridgehead atoms. The Morgan fingerprint density at radius 1 is 0.296 bits per heavy atom. The predicted molar refractivity (Wildman–Crippen MR) is 229 cm³/mol. The van der Waals surface area contributed by atoms with Gasteiger partial charge >= 0.3 is 0 Å². The van der Waals surface area contributed by atoms with Crippen LogP contribution in [-0.4, -0.2) is 0 Å². The lowest BCUT2D eigenvalue weighted by atomic mass is 9.94. The van der Waals surface area contributed by atoms with Gasteiger partial charge in [0.2, 0.25) is 0 Å². The van der Waals surface area contributed by atoms with Crippen molar-refractivity contribution in [1.29, 1.82) is 0 Å². The molecule has 0 saturated heterocycles. The molecule has 0 aliphatic heterocycles. The Hall–Kier alpha value is -7.16. The fourth-order valence-electron chi connectivity index (χ4n) is 8.51. The highest BCUT2D eigenvalue weighted by molar-refractivity contribution is 6.26. The summed E-state index contributed by atoms with van der Waals surface area (Å²) in [6.07, 6.45) is 0. The number of anilines is 3. The van der Waals surface area contributed by atoms with Crippen LogP contribution in [0.1, 0.15) is 0 Å². The van der Waals surface area contributed by atoms with Gasteiger partial charge in [0.05, 0.1) is 0 Å². The van der Waals surface area contributed by atoms with Crippen LogP contribution < -0.4 is 4.90 Å². The van der Waals surface area contributed by atoms with Crippen LogP contribution in [0.15, 0.2) is 205 Å². The van der Waals surface area contributed by atoms with Crippen LogP contribution >= 0.6 is 0 Å². The Morgan fingerprint density at radius 3 is 1.44 bits per heavy atom. The number of furan rings is 1. The molecule has 0 aliphatic carbocycles. The van der Waals surface area contributed by atoms with E-state index in [1.807, 2.05) is 0 Å². The highest BCUT2D eigenvalue weighted by Crippen LogP contribution is 2.45. The normalized spacial score (nSPS) is 11.7. The van der Waals surface area contributed by atoms with Crippen molar-refractivity contribution in [2.75, 3.05) is 4.90 Å². The highest BCUT2D eigenvalue weighted by atomic mass is 16.3. The third-order valence-corrected chi connectivity index (χ3v) is 11.0. The van der Waals surface area contributed by atoms with E-state index in [0.717, 1.165) is 50.1 Å². The summed E-state index contributed by atoms with van der Waals surface area (Å²) in [4.78, 5) is 2.38. The van der Waals surface area contributed by atoms with Gasteiger partial charge in [0, 0.05) is 33.4 Å². The molecule has 2 heteroatoms. The van der Waals surface area contributed by atoms with E-state index in [1.54, 1.807) is 0 Å². The molecule has 0 N–H and O–H groups in total. The fraction of sp³-hybridized carbons (Fsp3) is 0. The number of fused-ring (bicyclic) bond motifs is 10. The molecule has 0 saturated carbocycles. The molecule has 2 nitrogen and oxygen atoms in total. The molecule has 0 atom stereocenters. The van der Waals surface area contributed by atoms with E-state index >= 15 is 0 Å². The van der Waals surface area contributed by atoms with Crippen molar-refractivity contribution in [3.05, 3.63) is 200 Å². The molecule has 252 valence electrons. The van der Waals surface area contributed by atoms with Gasteiger partial charge < -0.3 is 9.32 Å². The Balaban J connectivity index is 1.16. The first-order valence-electron chi connectivity index (χ1n) is 18.5. The molecule has 10 aromatic carbocycles. The van der Waals surface area contributed by atoms with Crippen LogP contribution in [0.2, 0.25) is 0 Å². The van der Waals surface area contributed by atoms with Crippen molar-refractivity contribution in [3.63, 3.8) is 0 Å². The monoisotopic (exact) mass is 687 g/mol. The summed E-state index contributed by atoms with van der Waals surface area (Å²) < 4.78 is 6.79. The molecular formula is C52H33NO. The van der Waals surface area contributed by atoms with Gasteiger partial charge in [-0.15, -0.1) is 0 Å². The topological polar surface area (TPSA) is 16.4 Å². The zero-order valence-corrected chi connectivity index (χ0v) is 29.4. The summed E-state index contributed by atoms with van der Waals surface area (Å²) >= 11 is 0. The van der Waals surface area contributed by atoms with E-state index in [-0.39, 0.29) is 0 Å². The SMILES string of the molecule is c1ccc(-c2ccc(N(c3ccc4oc5c(-c6ccccc6)c6ccccc6cc5c4c3)c3ccc4c5ccccc5c5ccccc5c4c3)cc2)cc1.